The highest BCUT2D eigenvalue weighted by Gasteiger charge is 2.10. The second-order valence-electron chi connectivity index (χ2n) is 8.14. The molecular formula is C27H25N5O. The number of nitrogens with zero attached hydrogens (tertiary/aromatic N) is 3. The van der Waals surface area contributed by atoms with E-state index in [0.717, 1.165) is 71.0 Å². The Labute approximate surface area is 193 Å². The molecule has 2 N–H and O–H groups in total. The molecule has 1 aliphatic rings. The number of nitrogens with one attached hydrogen (secondary N) is 2. The molecule has 1 fully saturated rings. The van der Waals surface area contributed by atoms with E-state index in [0.29, 0.717) is 5.92 Å². The molecule has 5 rings (SSSR count). The van der Waals surface area contributed by atoms with Gasteiger partial charge >= 0.3 is 0 Å². The molecule has 1 aliphatic heterocycles. The highest BCUT2D eigenvalue weighted by molar-refractivity contribution is 5.91. The molecule has 0 radical (unpaired) electrons. The van der Waals surface area contributed by atoms with Gasteiger partial charge in [0.1, 0.15) is 23.6 Å². The van der Waals surface area contributed by atoms with Crippen LogP contribution in [0.3, 0.4) is 0 Å². The van der Waals surface area contributed by atoms with Gasteiger partial charge in [0, 0.05) is 34.9 Å². The number of benzene rings is 2. The normalized spacial score (nSPS) is 13.8. The van der Waals surface area contributed by atoms with Crippen molar-refractivity contribution in [3.05, 3.63) is 78.4 Å². The standard InChI is InChI=1S/C27H25N5O/c1-19-16-22(5-7-26(19)33-23-10-14-29-15-11-23)32-27-24-17-21(4-6-25(24)30-18-31-27)3-2-20-8-12-28-13-9-20/h4-7,10-11,14-18,20,28H,8-9,12-13H2,1H3,(H,30,31,32). The zero-order chi connectivity index (χ0) is 22.5. The van der Waals surface area contributed by atoms with Gasteiger partial charge in [-0.2, -0.15) is 0 Å². The number of hydrogen-bond acceptors (Lipinski definition) is 6. The second kappa shape index (κ2) is 9.68. The lowest BCUT2D eigenvalue weighted by Gasteiger charge is -2.17. The molecule has 0 unspecified atom stereocenters. The van der Waals surface area contributed by atoms with Crippen LogP contribution in [-0.2, 0) is 0 Å². The first-order valence-electron chi connectivity index (χ1n) is 11.2. The summed E-state index contributed by atoms with van der Waals surface area (Å²) in [7, 11) is 0. The van der Waals surface area contributed by atoms with Gasteiger partial charge in [0.05, 0.1) is 5.52 Å². The number of aryl methyl sites for hydroxylation is 1. The van der Waals surface area contributed by atoms with E-state index in [1.807, 2.05) is 49.4 Å². The summed E-state index contributed by atoms with van der Waals surface area (Å²) in [5.41, 5.74) is 3.81. The molecule has 6 heteroatoms. The molecule has 1 saturated heterocycles. The van der Waals surface area contributed by atoms with Crippen LogP contribution in [0.1, 0.15) is 24.0 Å². The van der Waals surface area contributed by atoms with Crippen LogP contribution in [0.15, 0.2) is 67.3 Å². The number of rotatable bonds is 4. The topological polar surface area (TPSA) is 72.0 Å². The minimum atomic E-state index is 0.461. The lowest BCUT2D eigenvalue weighted by atomic mass is 9.98. The van der Waals surface area contributed by atoms with Gasteiger partial charge in [-0.25, -0.2) is 9.97 Å². The predicted octanol–water partition coefficient (Wildman–Crippen LogP) is 5.22. The van der Waals surface area contributed by atoms with Crippen LogP contribution in [0.2, 0.25) is 0 Å². The zero-order valence-electron chi connectivity index (χ0n) is 18.5. The Hall–Kier alpha value is -3.95. The molecule has 164 valence electrons. The van der Waals surface area contributed by atoms with Crippen LogP contribution < -0.4 is 15.4 Å². The van der Waals surface area contributed by atoms with Gasteiger partial charge in [0.25, 0.3) is 0 Å². The predicted molar refractivity (Wildman–Crippen MR) is 131 cm³/mol. The minimum absolute atomic E-state index is 0.461. The minimum Gasteiger partial charge on any atom is -0.457 e. The summed E-state index contributed by atoms with van der Waals surface area (Å²) < 4.78 is 5.96. The Bertz CT molecular complexity index is 1320. The second-order valence-corrected chi connectivity index (χ2v) is 8.14. The molecule has 2 aromatic heterocycles. The molecule has 0 amide bonds. The Morgan fingerprint density at radius 1 is 1.00 bits per heavy atom. The van der Waals surface area contributed by atoms with Crippen molar-refractivity contribution in [2.24, 2.45) is 5.92 Å². The Kier molecular flexibility index (Phi) is 6.14. The number of pyridine rings is 1. The van der Waals surface area contributed by atoms with E-state index in [9.17, 15) is 0 Å². The third-order valence-corrected chi connectivity index (χ3v) is 5.71. The van der Waals surface area contributed by atoms with E-state index in [1.54, 1.807) is 18.7 Å². The fourth-order valence-electron chi connectivity index (χ4n) is 3.90. The fraction of sp³-hybridized carbons (Fsp3) is 0.222. The quantitative estimate of drug-likeness (QED) is 0.428. The van der Waals surface area contributed by atoms with Crippen LogP contribution in [-0.4, -0.2) is 28.0 Å². The SMILES string of the molecule is Cc1cc(Nc2ncnc3ccc(C#CC4CCNCC4)cc23)ccc1Oc1ccncc1. The number of fused-ring (bicyclic) bond motifs is 1. The Morgan fingerprint density at radius 3 is 2.67 bits per heavy atom. The highest BCUT2D eigenvalue weighted by atomic mass is 16.5. The third-order valence-electron chi connectivity index (χ3n) is 5.71. The van der Waals surface area contributed by atoms with Crippen molar-refractivity contribution in [2.45, 2.75) is 19.8 Å². The molecule has 6 nitrogen and oxygen atoms in total. The summed E-state index contributed by atoms with van der Waals surface area (Å²) in [5, 5.41) is 7.77. The highest BCUT2D eigenvalue weighted by Crippen LogP contribution is 2.29. The van der Waals surface area contributed by atoms with E-state index >= 15 is 0 Å². The van der Waals surface area contributed by atoms with Crippen LogP contribution in [0, 0.1) is 24.7 Å². The van der Waals surface area contributed by atoms with E-state index in [2.05, 4.69) is 43.5 Å². The van der Waals surface area contributed by atoms with Gasteiger partial charge in [-0.05, 0) is 86.9 Å². The monoisotopic (exact) mass is 435 g/mol. The van der Waals surface area contributed by atoms with Gasteiger partial charge < -0.3 is 15.4 Å². The zero-order valence-corrected chi connectivity index (χ0v) is 18.5. The summed E-state index contributed by atoms with van der Waals surface area (Å²) in [5.74, 6) is 9.57. The van der Waals surface area contributed by atoms with Gasteiger partial charge in [-0.1, -0.05) is 11.8 Å². The molecular weight excluding hydrogens is 410 g/mol. The van der Waals surface area contributed by atoms with E-state index in [4.69, 9.17) is 4.74 Å². The number of hydrogen-bond donors (Lipinski definition) is 2. The number of piperidine rings is 1. The maximum Gasteiger partial charge on any atom is 0.141 e. The maximum atomic E-state index is 5.96. The maximum absolute atomic E-state index is 5.96. The summed E-state index contributed by atoms with van der Waals surface area (Å²) >= 11 is 0. The van der Waals surface area contributed by atoms with Crippen LogP contribution >= 0.6 is 0 Å². The van der Waals surface area contributed by atoms with Crippen molar-refractivity contribution in [1.29, 1.82) is 0 Å². The van der Waals surface area contributed by atoms with Crippen LogP contribution in [0.4, 0.5) is 11.5 Å². The van der Waals surface area contributed by atoms with E-state index in [1.165, 1.54) is 0 Å². The van der Waals surface area contributed by atoms with Gasteiger partial charge in [-0.15, -0.1) is 0 Å². The fourth-order valence-corrected chi connectivity index (χ4v) is 3.90. The molecule has 33 heavy (non-hydrogen) atoms. The van der Waals surface area contributed by atoms with Crippen LogP contribution in [0.5, 0.6) is 11.5 Å². The van der Waals surface area contributed by atoms with Crippen molar-refractivity contribution in [1.82, 2.24) is 20.3 Å². The first-order chi connectivity index (χ1) is 16.2. The summed E-state index contributed by atoms with van der Waals surface area (Å²) in [6, 6.07) is 15.8. The first-order valence-corrected chi connectivity index (χ1v) is 11.2. The van der Waals surface area contributed by atoms with Crippen molar-refractivity contribution in [2.75, 3.05) is 18.4 Å². The summed E-state index contributed by atoms with van der Waals surface area (Å²) in [6.45, 7) is 4.11. The van der Waals surface area contributed by atoms with Crippen LogP contribution in [0.25, 0.3) is 10.9 Å². The molecule has 2 aromatic carbocycles. The van der Waals surface area contributed by atoms with Gasteiger partial charge in [-0.3, -0.25) is 4.98 Å². The number of anilines is 2. The van der Waals surface area contributed by atoms with Crippen molar-refractivity contribution < 1.29 is 4.74 Å². The Morgan fingerprint density at radius 2 is 1.85 bits per heavy atom. The van der Waals surface area contributed by atoms with E-state index < -0.39 is 0 Å². The average Bonchev–Trinajstić information content (AvgIpc) is 2.86. The number of ether oxygens (including phenoxy) is 1. The number of aromatic nitrogens is 3. The van der Waals surface area contributed by atoms with Gasteiger partial charge in [0.2, 0.25) is 0 Å². The summed E-state index contributed by atoms with van der Waals surface area (Å²) in [6.07, 6.45) is 7.23. The smallest absolute Gasteiger partial charge is 0.141 e. The lowest BCUT2D eigenvalue weighted by molar-refractivity contribution is 0.447. The van der Waals surface area contributed by atoms with Gasteiger partial charge in [0.15, 0.2) is 0 Å². The summed E-state index contributed by atoms with van der Waals surface area (Å²) in [4.78, 5) is 12.9. The molecule has 4 aromatic rings. The largest absolute Gasteiger partial charge is 0.457 e. The third kappa shape index (κ3) is 5.11. The molecule has 3 heterocycles. The Balaban J connectivity index is 1.38. The molecule has 0 aliphatic carbocycles. The van der Waals surface area contributed by atoms with Crippen molar-refractivity contribution in [3.63, 3.8) is 0 Å². The molecule has 0 saturated carbocycles. The van der Waals surface area contributed by atoms with E-state index in [-0.39, 0.29) is 0 Å². The molecule has 0 bridgehead atoms. The first kappa shape index (κ1) is 20.9. The lowest BCUT2D eigenvalue weighted by Crippen LogP contribution is -2.26. The molecule has 0 spiro atoms. The van der Waals surface area contributed by atoms with Crippen molar-refractivity contribution >= 4 is 22.4 Å². The average molecular weight is 436 g/mol. The van der Waals surface area contributed by atoms with Crippen molar-refractivity contribution in [3.8, 4) is 23.3 Å². The molecule has 0 atom stereocenters.